The van der Waals surface area contributed by atoms with Gasteiger partial charge in [0.25, 0.3) is 5.56 Å². The minimum Gasteiger partial charge on any atom is -0.323 e. The molecule has 0 atom stereocenters. The molecular weight excluding hydrogens is 448 g/mol. The minimum atomic E-state index is -0.243. The van der Waals surface area contributed by atoms with Crippen molar-refractivity contribution in [3.8, 4) is 5.69 Å². The van der Waals surface area contributed by atoms with Gasteiger partial charge in [-0.2, -0.15) is 0 Å². The molecule has 2 heterocycles. The maximum Gasteiger partial charge on any atom is 0.266 e. The van der Waals surface area contributed by atoms with Crippen molar-refractivity contribution in [3.63, 3.8) is 0 Å². The summed E-state index contributed by atoms with van der Waals surface area (Å²) >= 11 is 1.19. The maximum absolute atomic E-state index is 13.5. The molecular formula is C26H22N4O3S. The van der Waals surface area contributed by atoms with Crippen LogP contribution in [0.3, 0.4) is 0 Å². The molecule has 1 N–H and O–H groups in total. The van der Waals surface area contributed by atoms with Gasteiger partial charge in [-0.05, 0) is 61.4 Å². The summed E-state index contributed by atoms with van der Waals surface area (Å²) in [4.78, 5) is 45.0. The van der Waals surface area contributed by atoms with Crippen molar-refractivity contribution in [1.82, 2.24) is 9.55 Å². The fourth-order valence-electron chi connectivity index (χ4n) is 4.18. The molecule has 0 fully saturated rings. The number of hydrogen-bond acceptors (Lipinski definition) is 5. The summed E-state index contributed by atoms with van der Waals surface area (Å²) in [6.45, 7) is 3.90. The van der Waals surface area contributed by atoms with Crippen LogP contribution in [0.2, 0.25) is 0 Å². The molecule has 1 aliphatic heterocycles. The van der Waals surface area contributed by atoms with E-state index in [1.165, 1.54) is 16.7 Å². The molecule has 2 amide bonds. The topological polar surface area (TPSA) is 84.3 Å². The lowest BCUT2D eigenvalue weighted by atomic mass is 10.1. The van der Waals surface area contributed by atoms with Crippen LogP contribution in [0.4, 0.5) is 11.4 Å². The number of thioether (sulfide) groups is 1. The van der Waals surface area contributed by atoms with Crippen LogP contribution in [-0.4, -0.2) is 33.7 Å². The number of aromatic nitrogens is 2. The number of nitrogens with one attached hydrogen (secondary N) is 1. The van der Waals surface area contributed by atoms with E-state index in [0.717, 1.165) is 11.1 Å². The van der Waals surface area contributed by atoms with Gasteiger partial charge in [-0.1, -0.05) is 42.1 Å². The standard InChI is InChI=1S/C26H22N4O3S/c1-16-11-17(2)13-18(12-16)30-25(33)19-7-3-4-8-20(19)28-26(30)34-15-24(32)29-14-23(31)27-21-9-5-6-10-22(21)29/h3-13H,14-15H2,1-2H3,(H,27,31). The molecule has 0 saturated carbocycles. The van der Waals surface area contributed by atoms with E-state index in [1.807, 2.05) is 56.3 Å². The van der Waals surface area contributed by atoms with Crippen molar-refractivity contribution >= 4 is 45.9 Å². The van der Waals surface area contributed by atoms with Crippen molar-refractivity contribution in [1.29, 1.82) is 0 Å². The van der Waals surface area contributed by atoms with Crippen molar-refractivity contribution in [2.75, 3.05) is 22.5 Å². The molecule has 170 valence electrons. The van der Waals surface area contributed by atoms with Gasteiger partial charge in [0.15, 0.2) is 5.16 Å². The Bertz CT molecular complexity index is 1490. The number of carbonyl (C=O) groups is 2. The molecule has 0 radical (unpaired) electrons. The van der Waals surface area contributed by atoms with E-state index in [4.69, 9.17) is 4.98 Å². The molecule has 4 aromatic rings. The highest BCUT2D eigenvalue weighted by Crippen LogP contribution is 2.30. The average molecular weight is 471 g/mol. The van der Waals surface area contributed by atoms with Crippen LogP contribution in [0, 0.1) is 13.8 Å². The first-order valence-electron chi connectivity index (χ1n) is 10.8. The first-order valence-corrected chi connectivity index (χ1v) is 11.8. The molecule has 1 aliphatic rings. The molecule has 8 heteroatoms. The first kappa shape index (κ1) is 21.9. The van der Waals surface area contributed by atoms with Crippen molar-refractivity contribution in [3.05, 3.63) is 88.2 Å². The van der Waals surface area contributed by atoms with Gasteiger partial charge in [0.1, 0.15) is 6.54 Å². The van der Waals surface area contributed by atoms with Crippen molar-refractivity contribution in [2.45, 2.75) is 19.0 Å². The number of para-hydroxylation sites is 3. The van der Waals surface area contributed by atoms with Crippen molar-refractivity contribution < 1.29 is 9.59 Å². The van der Waals surface area contributed by atoms with Gasteiger partial charge in [-0.3, -0.25) is 19.0 Å². The quantitative estimate of drug-likeness (QED) is 0.359. The first-order chi connectivity index (χ1) is 16.4. The second-order valence-electron chi connectivity index (χ2n) is 8.23. The fourth-order valence-corrected chi connectivity index (χ4v) is 5.07. The number of nitrogens with zero attached hydrogens (tertiary/aromatic N) is 3. The highest BCUT2D eigenvalue weighted by molar-refractivity contribution is 7.99. The van der Waals surface area contributed by atoms with Crippen LogP contribution in [0.15, 0.2) is 76.7 Å². The third kappa shape index (κ3) is 4.08. The molecule has 0 spiro atoms. The molecule has 3 aromatic carbocycles. The lowest BCUT2D eigenvalue weighted by molar-refractivity contribution is -0.120. The average Bonchev–Trinajstić information content (AvgIpc) is 2.81. The van der Waals surface area contributed by atoms with Crippen LogP contribution in [-0.2, 0) is 9.59 Å². The summed E-state index contributed by atoms with van der Waals surface area (Å²) in [7, 11) is 0. The molecule has 34 heavy (non-hydrogen) atoms. The van der Waals surface area contributed by atoms with Gasteiger partial charge >= 0.3 is 0 Å². The van der Waals surface area contributed by atoms with Crippen LogP contribution in [0.1, 0.15) is 11.1 Å². The van der Waals surface area contributed by atoms with E-state index in [1.54, 1.807) is 28.8 Å². The lowest BCUT2D eigenvalue weighted by Crippen LogP contribution is -2.43. The Hall–Kier alpha value is -3.91. The molecule has 5 rings (SSSR count). The van der Waals surface area contributed by atoms with Crippen LogP contribution >= 0.6 is 11.8 Å². The zero-order chi connectivity index (χ0) is 23.8. The number of benzene rings is 3. The summed E-state index contributed by atoms with van der Waals surface area (Å²) in [5, 5.41) is 3.73. The number of aryl methyl sites for hydroxylation is 2. The summed E-state index contributed by atoms with van der Waals surface area (Å²) in [6.07, 6.45) is 0. The number of carbonyl (C=O) groups excluding carboxylic acids is 2. The Morgan fingerprint density at radius 2 is 1.71 bits per heavy atom. The third-order valence-electron chi connectivity index (χ3n) is 5.61. The number of anilines is 2. The predicted molar refractivity (Wildman–Crippen MR) is 135 cm³/mol. The zero-order valence-corrected chi connectivity index (χ0v) is 19.6. The Balaban J connectivity index is 1.53. The summed E-state index contributed by atoms with van der Waals surface area (Å²) in [5.41, 5.74) is 4.41. The second kappa shape index (κ2) is 8.79. The smallest absolute Gasteiger partial charge is 0.266 e. The highest BCUT2D eigenvalue weighted by Gasteiger charge is 2.27. The molecule has 1 aromatic heterocycles. The predicted octanol–water partition coefficient (Wildman–Crippen LogP) is 4.08. The largest absolute Gasteiger partial charge is 0.323 e. The lowest BCUT2D eigenvalue weighted by Gasteiger charge is -2.29. The zero-order valence-electron chi connectivity index (χ0n) is 18.7. The number of amides is 2. The molecule has 0 bridgehead atoms. The SMILES string of the molecule is Cc1cc(C)cc(-n2c(SCC(=O)N3CC(=O)Nc4ccccc43)nc3ccccc3c2=O)c1. The highest BCUT2D eigenvalue weighted by atomic mass is 32.2. The monoisotopic (exact) mass is 470 g/mol. The second-order valence-corrected chi connectivity index (χ2v) is 9.17. The summed E-state index contributed by atoms with van der Waals surface area (Å²) < 4.78 is 1.57. The maximum atomic E-state index is 13.5. The Morgan fingerprint density at radius 3 is 2.50 bits per heavy atom. The molecule has 7 nitrogen and oxygen atoms in total. The van der Waals surface area contributed by atoms with Crippen molar-refractivity contribution in [2.24, 2.45) is 0 Å². The van der Waals surface area contributed by atoms with Gasteiger partial charge in [0.05, 0.1) is 33.7 Å². The van der Waals surface area contributed by atoms with E-state index in [-0.39, 0.29) is 29.7 Å². The Labute approximate surface area is 200 Å². The number of hydrogen-bond donors (Lipinski definition) is 1. The summed E-state index contributed by atoms with van der Waals surface area (Å²) in [6, 6.07) is 20.3. The number of rotatable bonds is 4. The van der Waals surface area contributed by atoms with Crippen LogP contribution in [0.25, 0.3) is 16.6 Å². The molecule has 0 aliphatic carbocycles. The van der Waals surface area contributed by atoms with Crippen LogP contribution < -0.4 is 15.8 Å². The van der Waals surface area contributed by atoms with Crippen LogP contribution in [0.5, 0.6) is 0 Å². The van der Waals surface area contributed by atoms with E-state index >= 15 is 0 Å². The van der Waals surface area contributed by atoms with Gasteiger partial charge in [0, 0.05) is 0 Å². The minimum absolute atomic E-state index is 0.0250. The third-order valence-corrected chi connectivity index (χ3v) is 6.53. The van der Waals surface area contributed by atoms with E-state index < -0.39 is 0 Å². The van der Waals surface area contributed by atoms with Gasteiger partial charge in [-0.25, -0.2) is 4.98 Å². The number of fused-ring (bicyclic) bond motifs is 2. The van der Waals surface area contributed by atoms with Gasteiger partial charge in [-0.15, -0.1) is 0 Å². The summed E-state index contributed by atoms with van der Waals surface area (Å²) in [5.74, 6) is -0.452. The molecule has 0 unspecified atom stereocenters. The van der Waals surface area contributed by atoms with E-state index in [0.29, 0.717) is 33.1 Å². The molecule has 0 saturated heterocycles. The fraction of sp³-hybridized carbons (Fsp3) is 0.154. The van der Waals surface area contributed by atoms with Gasteiger partial charge in [0.2, 0.25) is 11.8 Å². The van der Waals surface area contributed by atoms with E-state index in [9.17, 15) is 14.4 Å². The Kier molecular flexibility index (Phi) is 5.67. The Morgan fingerprint density at radius 1 is 1.00 bits per heavy atom. The van der Waals surface area contributed by atoms with Gasteiger partial charge < -0.3 is 10.2 Å². The van der Waals surface area contributed by atoms with E-state index in [2.05, 4.69) is 5.32 Å². The normalized spacial score (nSPS) is 13.0.